The molecular weight excluding hydrogens is 324 g/mol. The highest BCUT2D eigenvalue weighted by atomic mass is 35.5. The van der Waals surface area contributed by atoms with E-state index in [1.807, 2.05) is 62.4 Å². The van der Waals surface area contributed by atoms with Gasteiger partial charge in [0.05, 0.1) is 13.2 Å². The lowest BCUT2D eigenvalue weighted by molar-refractivity contribution is -0.122. The number of hydrogen-bond donors (Lipinski definition) is 2. The van der Waals surface area contributed by atoms with Gasteiger partial charge in [-0.15, -0.1) is 12.4 Å². The summed E-state index contributed by atoms with van der Waals surface area (Å²) in [5, 5.41) is 3.00. The molecule has 2 aromatic carbocycles. The summed E-state index contributed by atoms with van der Waals surface area (Å²) in [5.74, 6) is 0.702. The number of amides is 1. The van der Waals surface area contributed by atoms with Gasteiger partial charge < -0.3 is 15.8 Å². The van der Waals surface area contributed by atoms with Gasteiger partial charge in [-0.3, -0.25) is 4.79 Å². The zero-order valence-corrected chi connectivity index (χ0v) is 15.1. The lowest BCUT2D eigenvalue weighted by Gasteiger charge is -2.19. The predicted molar refractivity (Wildman–Crippen MR) is 99.5 cm³/mol. The number of hydrogen-bond acceptors (Lipinski definition) is 3. The second kappa shape index (κ2) is 9.30. The summed E-state index contributed by atoms with van der Waals surface area (Å²) >= 11 is 0. The van der Waals surface area contributed by atoms with Gasteiger partial charge in [0.25, 0.3) is 0 Å². The molecule has 2 rings (SSSR count). The summed E-state index contributed by atoms with van der Waals surface area (Å²) in [5.41, 5.74) is 9.16. The van der Waals surface area contributed by atoms with Crippen molar-refractivity contribution in [3.8, 4) is 5.75 Å². The monoisotopic (exact) mass is 348 g/mol. The van der Waals surface area contributed by atoms with Gasteiger partial charge in [-0.25, -0.2) is 0 Å². The SMILES string of the molecule is COc1ccc(C)cc1C(C)NC(=O)CC(N)c1ccccc1.Cl. The smallest absolute Gasteiger partial charge is 0.222 e. The summed E-state index contributed by atoms with van der Waals surface area (Å²) < 4.78 is 5.38. The lowest BCUT2D eigenvalue weighted by atomic mass is 10.0. The summed E-state index contributed by atoms with van der Waals surface area (Å²) in [6, 6.07) is 15.1. The Morgan fingerprint density at radius 2 is 1.88 bits per heavy atom. The van der Waals surface area contributed by atoms with Crippen LogP contribution < -0.4 is 15.8 Å². The molecule has 0 radical (unpaired) electrons. The van der Waals surface area contributed by atoms with E-state index < -0.39 is 0 Å². The van der Waals surface area contributed by atoms with Crippen LogP contribution in [0.5, 0.6) is 5.75 Å². The van der Waals surface area contributed by atoms with E-state index in [-0.39, 0.29) is 36.8 Å². The number of nitrogens with two attached hydrogens (primary N) is 1. The van der Waals surface area contributed by atoms with E-state index in [1.54, 1.807) is 7.11 Å². The predicted octanol–water partition coefficient (Wildman–Crippen LogP) is 3.69. The van der Waals surface area contributed by atoms with Gasteiger partial charge in [-0.1, -0.05) is 48.0 Å². The Balaban J connectivity index is 0.00000288. The molecule has 0 aromatic heterocycles. The van der Waals surface area contributed by atoms with Crippen LogP contribution >= 0.6 is 12.4 Å². The van der Waals surface area contributed by atoms with Crippen molar-refractivity contribution in [2.24, 2.45) is 5.73 Å². The van der Waals surface area contributed by atoms with E-state index in [0.717, 1.165) is 22.4 Å². The molecule has 3 N–H and O–H groups in total. The molecule has 0 fully saturated rings. The molecule has 4 nitrogen and oxygen atoms in total. The molecule has 0 aliphatic rings. The van der Waals surface area contributed by atoms with Crippen LogP contribution in [0.1, 0.15) is 42.1 Å². The minimum Gasteiger partial charge on any atom is -0.496 e. The van der Waals surface area contributed by atoms with Crippen LogP contribution in [0.25, 0.3) is 0 Å². The van der Waals surface area contributed by atoms with Crippen LogP contribution in [-0.4, -0.2) is 13.0 Å². The number of carbonyl (C=O) groups is 1. The van der Waals surface area contributed by atoms with Gasteiger partial charge in [0.1, 0.15) is 5.75 Å². The number of rotatable bonds is 6. The second-order valence-electron chi connectivity index (χ2n) is 5.76. The van der Waals surface area contributed by atoms with Gasteiger partial charge in [0.2, 0.25) is 5.91 Å². The standard InChI is InChI=1S/C19H24N2O2.ClH/c1-13-9-10-18(23-3)16(11-13)14(2)21-19(22)12-17(20)15-7-5-4-6-8-15;/h4-11,14,17H,12,20H2,1-3H3,(H,21,22);1H. The van der Waals surface area contributed by atoms with E-state index in [4.69, 9.17) is 10.5 Å². The first-order chi connectivity index (χ1) is 11.0. The molecule has 0 aliphatic heterocycles. The van der Waals surface area contributed by atoms with E-state index in [9.17, 15) is 4.79 Å². The van der Waals surface area contributed by atoms with E-state index >= 15 is 0 Å². The Bertz CT molecular complexity index is 662. The Labute approximate surface area is 149 Å². The molecule has 0 heterocycles. The molecule has 1 amide bonds. The molecule has 24 heavy (non-hydrogen) atoms. The van der Waals surface area contributed by atoms with Crippen molar-refractivity contribution in [3.05, 3.63) is 65.2 Å². The van der Waals surface area contributed by atoms with Crippen molar-refractivity contribution in [1.82, 2.24) is 5.32 Å². The fraction of sp³-hybridized carbons (Fsp3) is 0.316. The number of methoxy groups -OCH3 is 1. The normalized spacial score (nSPS) is 12.7. The first-order valence-corrected chi connectivity index (χ1v) is 7.75. The zero-order chi connectivity index (χ0) is 16.8. The minimum absolute atomic E-state index is 0. The van der Waals surface area contributed by atoms with Crippen LogP contribution in [0.3, 0.4) is 0 Å². The Hall–Kier alpha value is -2.04. The van der Waals surface area contributed by atoms with Crippen molar-refractivity contribution in [3.63, 3.8) is 0 Å². The summed E-state index contributed by atoms with van der Waals surface area (Å²) in [6.07, 6.45) is 0.252. The maximum Gasteiger partial charge on any atom is 0.222 e. The maximum absolute atomic E-state index is 12.3. The minimum atomic E-state index is -0.303. The number of carbonyl (C=O) groups excluding carboxylic acids is 1. The third-order valence-corrected chi connectivity index (χ3v) is 3.86. The molecule has 2 unspecified atom stereocenters. The van der Waals surface area contributed by atoms with Crippen LogP contribution in [0.4, 0.5) is 0 Å². The van der Waals surface area contributed by atoms with Gasteiger partial charge in [-0.2, -0.15) is 0 Å². The zero-order valence-electron chi connectivity index (χ0n) is 14.3. The van der Waals surface area contributed by atoms with Crippen LogP contribution in [-0.2, 0) is 4.79 Å². The first kappa shape index (κ1) is 20.0. The Kier molecular flexibility index (Phi) is 7.75. The van der Waals surface area contributed by atoms with Gasteiger partial charge >= 0.3 is 0 Å². The van der Waals surface area contributed by atoms with Crippen molar-refractivity contribution in [1.29, 1.82) is 0 Å². The highest BCUT2D eigenvalue weighted by Crippen LogP contribution is 2.26. The van der Waals surface area contributed by atoms with Gasteiger partial charge in [0.15, 0.2) is 0 Å². The number of halogens is 1. The van der Waals surface area contributed by atoms with Crippen LogP contribution in [0.15, 0.2) is 48.5 Å². The quantitative estimate of drug-likeness (QED) is 0.836. The van der Waals surface area contributed by atoms with Gasteiger partial charge in [0, 0.05) is 18.0 Å². The molecule has 0 saturated heterocycles. The number of nitrogens with one attached hydrogen (secondary N) is 1. The molecule has 0 saturated carbocycles. The Morgan fingerprint density at radius 3 is 2.50 bits per heavy atom. The van der Waals surface area contributed by atoms with Gasteiger partial charge in [-0.05, 0) is 25.5 Å². The molecule has 0 bridgehead atoms. The van der Waals surface area contributed by atoms with Crippen molar-refractivity contribution < 1.29 is 9.53 Å². The maximum atomic E-state index is 12.3. The van der Waals surface area contributed by atoms with Crippen molar-refractivity contribution in [2.75, 3.05) is 7.11 Å². The highest BCUT2D eigenvalue weighted by Gasteiger charge is 2.17. The number of aryl methyl sites for hydroxylation is 1. The molecule has 5 heteroatoms. The van der Waals surface area contributed by atoms with E-state index in [2.05, 4.69) is 5.32 Å². The fourth-order valence-electron chi connectivity index (χ4n) is 2.59. The summed E-state index contributed by atoms with van der Waals surface area (Å²) in [4.78, 5) is 12.3. The third-order valence-electron chi connectivity index (χ3n) is 3.86. The summed E-state index contributed by atoms with van der Waals surface area (Å²) in [7, 11) is 1.63. The molecular formula is C19H25ClN2O2. The molecule has 2 atom stereocenters. The molecule has 130 valence electrons. The van der Waals surface area contributed by atoms with Crippen LogP contribution in [0.2, 0.25) is 0 Å². The summed E-state index contributed by atoms with van der Waals surface area (Å²) in [6.45, 7) is 3.96. The topological polar surface area (TPSA) is 64.3 Å². The van der Waals surface area contributed by atoms with Crippen molar-refractivity contribution >= 4 is 18.3 Å². The molecule has 0 aliphatic carbocycles. The first-order valence-electron chi connectivity index (χ1n) is 7.75. The third kappa shape index (κ3) is 5.25. The van der Waals surface area contributed by atoms with Crippen LogP contribution in [0, 0.1) is 6.92 Å². The number of ether oxygens (including phenoxy) is 1. The largest absolute Gasteiger partial charge is 0.496 e. The average Bonchev–Trinajstić information content (AvgIpc) is 2.55. The lowest BCUT2D eigenvalue weighted by Crippen LogP contribution is -2.30. The van der Waals surface area contributed by atoms with Crippen molar-refractivity contribution in [2.45, 2.75) is 32.4 Å². The van der Waals surface area contributed by atoms with E-state index in [0.29, 0.717) is 0 Å². The van der Waals surface area contributed by atoms with E-state index in [1.165, 1.54) is 0 Å². The molecule has 2 aromatic rings. The average molecular weight is 349 g/mol. The fourth-order valence-corrected chi connectivity index (χ4v) is 2.59. The number of benzene rings is 2. The molecule has 0 spiro atoms. The highest BCUT2D eigenvalue weighted by molar-refractivity contribution is 5.85. The Morgan fingerprint density at radius 1 is 1.21 bits per heavy atom. The second-order valence-corrected chi connectivity index (χ2v) is 5.76.